The molecule has 21 heavy (non-hydrogen) atoms. The molecule has 1 aliphatic heterocycles. The summed E-state index contributed by atoms with van der Waals surface area (Å²) in [5.74, 6) is 0.816. The van der Waals surface area contributed by atoms with E-state index in [-0.39, 0.29) is 11.3 Å². The molecule has 6 heteroatoms. The zero-order valence-corrected chi connectivity index (χ0v) is 14.5. The largest absolute Gasteiger partial charge is 0.347 e. The first-order valence-corrected chi connectivity index (χ1v) is 8.39. The van der Waals surface area contributed by atoms with Crippen LogP contribution in [0.15, 0.2) is 0 Å². The van der Waals surface area contributed by atoms with Gasteiger partial charge in [-0.3, -0.25) is 4.79 Å². The number of aryl methyl sites for hydroxylation is 1. The van der Waals surface area contributed by atoms with Gasteiger partial charge in [0, 0.05) is 32.1 Å². The molecule has 0 aliphatic carbocycles. The fourth-order valence-corrected chi connectivity index (χ4v) is 3.50. The molecule has 0 atom stereocenters. The Morgan fingerprint density at radius 2 is 1.95 bits per heavy atom. The number of rotatable bonds is 3. The molecule has 0 bridgehead atoms. The minimum Gasteiger partial charge on any atom is -0.347 e. The van der Waals surface area contributed by atoms with Crippen LogP contribution in [-0.2, 0) is 4.79 Å². The summed E-state index contributed by atoms with van der Waals surface area (Å²) in [6.45, 7) is 10.8. The molecule has 2 rings (SSSR count). The zero-order chi connectivity index (χ0) is 15.6. The number of hydrogen-bond acceptors (Lipinski definition) is 5. The average molecular weight is 310 g/mol. The number of nitrogens with zero attached hydrogens (tertiary/aromatic N) is 4. The lowest BCUT2D eigenvalue weighted by Gasteiger charge is -2.35. The van der Waals surface area contributed by atoms with Gasteiger partial charge in [-0.15, -0.1) is 10.2 Å². The number of hydrogen-bond donors (Lipinski definition) is 0. The number of carbonyl (C=O) groups is 1. The fraction of sp³-hybridized carbons (Fsp3) is 0.800. The first-order valence-electron chi connectivity index (χ1n) is 7.58. The van der Waals surface area contributed by atoms with Gasteiger partial charge in [-0.1, -0.05) is 32.1 Å². The Morgan fingerprint density at radius 1 is 1.33 bits per heavy atom. The van der Waals surface area contributed by atoms with Gasteiger partial charge < -0.3 is 9.80 Å². The van der Waals surface area contributed by atoms with Crippen molar-refractivity contribution >= 4 is 22.4 Å². The molecule has 118 valence electrons. The maximum Gasteiger partial charge on any atom is 0.227 e. The molecule has 0 radical (unpaired) electrons. The monoisotopic (exact) mass is 310 g/mol. The van der Waals surface area contributed by atoms with Crippen molar-refractivity contribution in [1.82, 2.24) is 15.1 Å². The van der Waals surface area contributed by atoms with E-state index in [9.17, 15) is 4.79 Å². The number of aromatic nitrogens is 2. The average Bonchev–Trinajstić information content (AvgIpc) is 2.84. The molecule has 1 aromatic heterocycles. The summed E-state index contributed by atoms with van der Waals surface area (Å²) >= 11 is 1.66. The number of piperidine rings is 1. The highest BCUT2D eigenvalue weighted by Gasteiger charge is 2.28. The standard InChI is InChI=1S/C15H26N4OS/c1-11-16-17-14(21-11)19-8-6-12(7-9-19)10-18(5)13(20)15(2,3)4/h12H,6-10H2,1-5H3. The third kappa shape index (κ3) is 4.15. The van der Waals surface area contributed by atoms with Crippen LogP contribution in [0.2, 0.25) is 0 Å². The third-order valence-corrected chi connectivity index (χ3v) is 4.82. The lowest BCUT2D eigenvalue weighted by atomic mass is 9.92. The molecule has 1 saturated heterocycles. The Labute approximate surface area is 131 Å². The summed E-state index contributed by atoms with van der Waals surface area (Å²) in [5.41, 5.74) is -0.292. The topological polar surface area (TPSA) is 49.3 Å². The second-order valence-corrected chi connectivity index (χ2v) is 8.13. The van der Waals surface area contributed by atoms with Gasteiger partial charge in [0.2, 0.25) is 11.0 Å². The molecule has 1 aromatic rings. The van der Waals surface area contributed by atoms with E-state index in [1.165, 1.54) is 0 Å². The number of carbonyl (C=O) groups excluding carboxylic acids is 1. The van der Waals surface area contributed by atoms with Gasteiger partial charge in [0.25, 0.3) is 0 Å². The van der Waals surface area contributed by atoms with Crippen molar-refractivity contribution in [3.63, 3.8) is 0 Å². The minimum absolute atomic E-state index is 0.227. The number of anilines is 1. The molecule has 5 nitrogen and oxygen atoms in total. The molecule has 1 amide bonds. The Balaban J connectivity index is 1.83. The van der Waals surface area contributed by atoms with E-state index in [0.717, 1.165) is 42.6 Å². The van der Waals surface area contributed by atoms with Crippen LogP contribution in [-0.4, -0.2) is 47.7 Å². The molecule has 0 N–H and O–H groups in total. The van der Waals surface area contributed by atoms with Gasteiger partial charge >= 0.3 is 0 Å². The first kappa shape index (κ1) is 16.2. The van der Waals surface area contributed by atoms with Crippen molar-refractivity contribution in [1.29, 1.82) is 0 Å². The molecule has 1 fully saturated rings. The van der Waals surface area contributed by atoms with Crippen molar-refractivity contribution in [2.45, 2.75) is 40.5 Å². The van der Waals surface area contributed by atoms with Crippen LogP contribution < -0.4 is 4.90 Å². The van der Waals surface area contributed by atoms with E-state index in [1.807, 2.05) is 39.6 Å². The van der Waals surface area contributed by atoms with E-state index in [2.05, 4.69) is 15.1 Å². The molecule has 0 unspecified atom stereocenters. The molecule has 2 heterocycles. The fourth-order valence-electron chi connectivity index (χ4n) is 2.76. The Bertz CT molecular complexity index is 486. The van der Waals surface area contributed by atoms with Gasteiger partial charge in [-0.2, -0.15) is 0 Å². The number of amides is 1. The lowest BCUT2D eigenvalue weighted by molar-refractivity contribution is -0.138. The first-order chi connectivity index (χ1) is 9.77. The van der Waals surface area contributed by atoms with Crippen LogP contribution >= 0.6 is 11.3 Å². The summed E-state index contributed by atoms with van der Waals surface area (Å²) in [6.07, 6.45) is 2.22. The van der Waals surface area contributed by atoms with Crippen molar-refractivity contribution < 1.29 is 4.79 Å². The van der Waals surface area contributed by atoms with E-state index in [0.29, 0.717) is 5.92 Å². The highest BCUT2D eigenvalue weighted by molar-refractivity contribution is 7.15. The second-order valence-electron chi connectivity index (χ2n) is 6.97. The quantitative estimate of drug-likeness (QED) is 0.861. The maximum atomic E-state index is 12.2. The summed E-state index contributed by atoms with van der Waals surface area (Å²) < 4.78 is 0. The van der Waals surface area contributed by atoms with Crippen molar-refractivity contribution in [2.24, 2.45) is 11.3 Å². The summed E-state index contributed by atoms with van der Waals surface area (Å²) in [7, 11) is 1.92. The Hall–Kier alpha value is -1.17. The Morgan fingerprint density at radius 3 is 2.43 bits per heavy atom. The summed E-state index contributed by atoms with van der Waals surface area (Å²) in [5, 5.41) is 10.3. The third-order valence-electron chi connectivity index (χ3n) is 3.92. The van der Waals surface area contributed by atoms with Crippen LogP contribution in [0.4, 0.5) is 5.13 Å². The second kappa shape index (κ2) is 6.30. The van der Waals surface area contributed by atoms with Crippen LogP contribution in [0, 0.1) is 18.3 Å². The predicted molar refractivity (Wildman–Crippen MR) is 86.7 cm³/mol. The van der Waals surface area contributed by atoms with E-state index in [4.69, 9.17) is 0 Å². The lowest BCUT2D eigenvalue weighted by Crippen LogP contribution is -2.42. The van der Waals surface area contributed by atoms with Gasteiger partial charge in [0.05, 0.1) is 0 Å². The highest BCUT2D eigenvalue weighted by atomic mass is 32.1. The SMILES string of the molecule is Cc1nnc(N2CCC(CN(C)C(=O)C(C)(C)C)CC2)s1. The van der Waals surface area contributed by atoms with Crippen molar-refractivity contribution in [2.75, 3.05) is 31.6 Å². The van der Waals surface area contributed by atoms with E-state index < -0.39 is 0 Å². The van der Waals surface area contributed by atoms with Gasteiger partial charge in [0.15, 0.2) is 0 Å². The maximum absolute atomic E-state index is 12.2. The van der Waals surface area contributed by atoms with Crippen LogP contribution in [0.25, 0.3) is 0 Å². The van der Waals surface area contributed by atoms with Gasteiger partial charge in [-0.25, -0.2) is 0 Å². The predicted octanol–water partition coefficient (Wildman–Crippen LogP) is 2.57. The normalized spacial score (nSPS) is 17.1. The van der Waals surface area contributed by atoms with Crippen molar-refractivity contribution in [3.05, 3.63) is 5.01 Å². The molecule has 0 saturated carbocycles. The van der Waals surface area contributed by atoms with Crippen molar-refractivity contribution in [3.8, 4) is 0 Å². The molecule has 1 aliphatic rings. The molecular formula is C15H26N4OS. The summed E-state index contributed by atoms with van der Waals surface area (Å²) in [6, 6.07) is 0. The van der Waals surface area contributed by atoms with E-state index in [1.54, 1.807) is 11.3 Å². The molecular weight excluding hydrogens is 284 g/mol. The molecule has 0 aromatic carbocycles. The van der Waals surface area contributed by atoms with Crippen LogP contribution in [0.5, 0.6) is 0 Å². The van der Waals surface area contributed by atoms with Crippen LogP contribution in [0.3, 0.4) is 0 Å². The molecule has 0 spiro atoms. The summed E-state index contributed by atoms with van der Waals surface area (Å²) in [4.78, 5) is 16.4. The smallest absolute Gasteiger partial charge is 0.227 e. The zero-order valence-electron chi connectivity index (χ0n) is 13.7. The van der Waals surface area contributed by atoms with Crippen LogP contribution in [0.1, 0.15) is 38.6 Å². The van der Waals surface area contributed by atoms with E-state index >= 15 is 0 Å². The van der Waals surface area contributed by atoms with Gasteiger partial charge in [0.1, 0.15) is 5.01 Å². The van der Waals surface area contributed by atoms with Gasteiger partial charge in [-0.05, 0) is 25.7 Å². The highest BCUT2D eigenvalue weighted by Crippen LogP contribution is 2.27. The minimum atomic E-state index is -0.292. The Kier molecular flexibility index (Phi) is 4.86.